The molecule has 1 aromatic heterocycles. The van der Waals surface area contributed by atoms with Crippen LogP contribution in [0.1, 0.15) is 16.1 Å². The van der Waals surface area contributed by atoms with Crippen molar-refractivity contribution >= 4 is 27.4 Å². The van der Waals surface area contributed by atoms with E-state index in [9.17, 15) is 18.3 Å². The average molecular weight is 587 g/mol. The van der Waals surface area contributed by atoms with Crippen molar-refractivity contribution in [2.75, 3.05) is 70.8 Å². The van der Waals surface area contributed by atoms with Crippen LogP contribution in [0.3, 0.4) is 0 Å². The molecule has 0 fully saturated rings. The van der Waals surface area contributed by atoms with Crippen molar-refractivity contribution in [3.63, 3.8) is 0 Å². The van der Waals surface area contributed by atoms with Crippen molar-refractivity contribution < 1.29 is 32.5 Å². The molecule has 220 valence electrons. The number of nitrogens with two attached hydrogens (primary N) is 1. The number of anilines is 2. The van der Waals surface area contributed by atoms with E-state index in [1.807, 2.05) is 13.1 Å². The number of nitrogens with zero attached hydrogens (tertiary/aromatic N) is 3. The van der Waals surface area contributed by atoms with Gasteiger partial charge in [0.25, 0.3) is 5.91 Å². The zero-order valence-electron chi connectivity index (χ0n) is 22.7. The third-order valence-electron chi connectivity index (χ3n) is 6.20. The minimum Gasteiger partial charge on any atom is -0.489 e. The second-order valence-electron chi connectivity index (χ2n) is 8.99. The largest absolute Gasteiger partial charge is 0.489 e. The van der Waals surface area contributed by atoms with Gasteiger partial charge in [0.05, 0.1) is 55.5 Å². The molecule has 0 atom stereocenters. The molecule has 2 aliphatic heterocycles. The van der Waals surface area contributed by atoms with E-state index in [2.05, 4.69) is 20.6 Å². The van der Waals surface area contributed by atoms with Crippen LogP contribution >= 0.6 is 0 Å². The van der Waals surface area contributed by atoms with Crippen molar-refractivity contribution in [2.45, 2.75) is 11.4 Å². The lowest BCUT2D eigenvalue weighted by Gasteiger charge is -2.21. The van der Waals surface area contributed by atoms with Gasteiger partial charge in [-0.05, 0) is 25.2 Å². The number of sulfonamides is 1. The molecule has 3 aromatic rings. The van der Waals surface area contributed by atoms with Gasteiger partial charge >= 0.3 is 0 Å². The molecule has 2 aliphatic rings. The van der Waals surface area contributed by atoms with Crippen molar-refractivity contribution in [3.8, 4) is 17.0 Å². The number of hydrogen-bond acceptors (Lipinski definition) is 11. The first-order valence-electron chi connectivity index (χ1n) is 13.0. The summed E-state index contributed by atoms with van der Waals surface area (Å²) >= 11 is 0. The maximum absolute atomic E-state index is 13.3. The number of fused-ring (bicyclic) bond motifs is 13. The van der Waals surface area contributed by atoms with Gasteiger partial charge in [0.1, 0.15) is 12.4 Å². The molecule has 0 aliphatic carbocycles. The lowest BCUT2D eigenvalue weighted by molar-refractivity contribution is 0.0333. The molecule has 0 unspecified atom stereocenters. The lowest BCUT2D eigenvalue weighted by atomic mass is 10.1. The molecular weight excluding hydrogens is 552 g/mol. The minimum atomic E-state index is -3.91. The van der Waals surface area contributed by atoms with Crippen LogP contribution in [0.5, 0.6) is 5.75 Å². The molecule has 13 nitrogen and oxygen atoms in total. The second kappa shape index (κ2) is 14.3. The van der Waals surface area contributed by atoms with Crippen LogP contribution in [0.4, 0.5) is 11.5 Å². The predicted octanol–water partition coefficient (Wildman–Crippen LogP) is 1.11. The number of aromatic nitrogens is 2. The van der Waals surface area contributed by atoms with Crippen molar-refractivity contribution in [1.29, 1.82) is 0 Å². The van der Waals surface area contributed by atoms with Crippen molar-refractivity contribution in [3.05, 3.63) is 59.9 Å². The highest BCUT2D eigenvalue weighted by atomic mass is 32.2. The molecule has 0 saturated carbocycles. The van der Waals surface area contributed by atoms with Gasteiger partial charge in [0, 0.05) is 30.8 Å². The molecule has 4 bridgehead atoms. The number of aliphatic hydroxyl groups excluding tert-OH is 1. The quantitative estimate of drug-likeness (QED) is 0.322. The number of amides is 1. The summed E-state index contributed by atoms with van der Waals surface area (Å²) in [6.45, 7) is 1.25. The molecule has 0 spiro atoms. The first-order chi connectivity index (χ1) is 19.8. The molecule has 14 heteroatoms. The Balaban J connectivity index is 1.69. The average Bonchev–Trinajstić information content (AvgIpc) is 2.96. The number of nitrogen functional groups attached to an aromatic ring is 1. The number of rotatable bonds is 4. The van der Waals surface area contributed by atoms with Gasteiger partial charge in [-0.25, -0.2) is 18.4 Å². The van der Waals surface area contributed by atoms with Gasteiger partial charge in [0.15, 0.2) is 11.5 Å². The number of para-hydroxylation sites is 1. The highest BCUT2D eigenvalue weighted by molar-refractivity contribution is 7.89. The van der Waals surface area contributed by atoms with Crippen LogP contribution in [-0.2, 0) is 26.0 Å². The molecule has 0 radical (unpaired) electrons. The first kappa shape index (κ1) is 30.3. The van der Waals surface area contributed by atoms with Gasteiger partial charge in [0.2, 0.25) is 10.0 Å². The van der Waals surface area contributed by atoms with E-state index in [0.717, 1.165) is 9.87 Å². The summed E-state index contributed by atoms with van der Waals surface area (Å²) < 4.78 is 44.8. The Morgan fingerprint density at radius 3 is 2.54 bits per heavy atom. The Morgan fingerprint density at radius 2 is 1.80 bits per heavy atom. The number of carbonyl (C=O) groups excluding carboxylic acids is 1. The molecule has 2 aromatic carbocycles. The maximum Gasteiger partial charge on any atom is 0.278 e. The van der Waals surface area contributed by atoms with E-state index < -0.39 is 15.9 Å². The molecule has 0 saturated heterocycles. The smallest absolute Gasteiger partial charge is 0.278 e. The van der Waals surface area contributed by atoms with E-state index in [4.69, 9.17) is 19.9 Å². The van der Waals surface area contributed by atoms with E-state index in [0.29, 0.717) is 29.2 Å². The lowest BCUT2D eigenvalue weighted by Crippen LogP contribution is -2.36. The fraction of sp³-hybridized carbons (Fsp3) is 0.370. The van der Waals surface area contributed by atoms with Crippen LogP contribution in [0, 0.1) is 0 Å². The third-order valence-corrected chi connectivity index (χ3v) is 8.11. The SMILES string of the molecule is CNCc1cccc2c1OCCOCCOCCN(CCO)S(=O)(=O)c1ccc(cc1)-c1cnc(N)c(n1)C(=O)N2. The standard InChI is InChI=1S/C27H34N6O7S/c1-29-17-20-3-2-4-22-25(20)40-16-15-39-14-13-38-12-10-33(9-11-34)41(36,37)21-7-5-19(6-8-21)23-18-30-26(28)24(31-23)27(35)32-22/h2-8,18,29,34H,9-17H2,1H3,(H2,28,30)(H,32,35). The normalized spacial score (nSPS) is 17.0. The fourth-order valence-corrected chi connectivity index (χ4v) is 5.59. The summed E-state index contributed by atoms with van der Waals surface area (Å²) in [4.78, 5) is 21.9. The van der Waals surface area contributed by atoms with Gasteiger partial charge < -0.3 is 35.7 Å². The second-order valence-corrected chi connectivity index (χ2v) is 10.9. The molecule has 41 heavy (non-hydrogen) atoms. The monoisotopic (exact) mass is 586 g/mol. The molecular formula is C27H34N6O7S. The summed E-state index contributed by atoms with van der Waals surface area (Å²) in [6.07, 6.45) is 1.41. The number of aliphatic hydroxyl groups is 1. The Kier molecular flexibility index (Phi) is 10.6. The highest BCUT2D eigenvalue weighted by Crippen LogP contribution is 2.30. The van der Waals surface area contributed by atoms with Crippen LogP contribution in [0.15, 0.2) is 53.6 Å². The van der Waals surface area contributed by atoms with E-state index in [1.165, 1.54) is 18.3 Å². The van der Waals surface area contributed by atoms with E-state index in [-0.39, 0.29) is 69.1 Å². The fourth-order valence-electron chi connectivity index (χ4n) is 4.17. The van der Waals surface area contributed by atoms with Crippen molar-refractivity contribution in [1.82, 2.24) is 19.6 Å². The number of carbonyl (C=O) groups is 1. The zero-order valence-corrected chi connectivity index (χ0v) is 23.5. The van der Waals surface area contributed by atoms with Gasteiger partial charge in [-0.15, -0.1) is 0 Å². The number of ether oxygens (including phenoxy) is 3. The Labute approximate surface area is 238 Å². The first-order valence-corrected chi connectivity index (χ1v) is 14.5. The van der Waals surface area contributed by atoms with Gasteiger partial charge in [-0.3, -0.25) is 4.79 Å². The Hall–Kier alpha value is -3.66. The molecule has 5 N–H and O–H groups in total. The predicted molar refractivity (Wildman–Crippen MR) is 152 cm³/mol. The molecule has 1 amide bonds. The number of benzene rings is 2. The van der Waals surface area contributed by atoms with Crippen LogP contribution < -0.4 is 21.1 Å². The summed E-state index contributed by atoms with van der Waals surface area (Å²) in [5.74, 6) is -0.164. The maximum atomic E-state index is 13.3. The van der Waals surface area contributed by atoms with Gasteiger partial charge in [-0.1, -0.05) is 24.3 Å². The minimum absolute atomic E-state index is 0.0375. The summed E-state index contributed by atoms with van der Waals surface area (Å²) in [5.41, 5.74) is 8.05. The zero-order chi connectivity index (χ0) is 29.2. The third kappa shape index (κ3) is 7.55. The molecule has 5 rings (SSSR count). The van der Waals surface area contributed by atoms with Crippen molar-refractivity contribution in [2.24, 2.45) is 0 Å². The molecule has 3 heterocycles. The Bertz CT molecular complexity index is 1440. The van der Waals surface area contributed by atoms with E-state index >= 15 is 0 Å². The van der Waals surface area contributed by atoms with Crippen LogP contribution in [-0.4, -0.2) is 93.5 Å². The number of hydrogen-bond donors (Lipinski definition) is 4. The number of nitrogens with one attached hydrogen (secondary N) is 2. The Morgan fingerprint density at radius 1 is 1.07 bits per heavy atom. The summed E-state index contributed by atoms with van der Waals surface area (Å²) in [6, 6.07) is 11.4. The van der Waals surface area contributed by atoms with Gasteiger partial charge in [-0.2, -0.15) is 4.31 Å². The van der Waals surface area contributed by atoms with Crippen LogP contribution in [0.25, 0.3) is 11.3 Å². The highest BCUT2D eigenvalue weighted by Gasteiger charge is 2.24. The summed E-state index contributed by atoms with van der Waals surface area (Å²) in [5, 5.41) is 15.4. The topological polar surface area (TPSA) is 178 Å². The van der Waals surface area contributed by atoms with Crippen LogP contribution in [0.2, 0.25) is 0 Å². The summed E-state index contributed by atoms with van der Waals surface area (Å²) in [7, 11) is -2.10. The van der Waals surface area contributed by atoms with E-state index in [1.54, 1.807) is 24.3 Å².